The van der Waals surface area contributed by atoms with Crippen molar-refractivity contribution in [2.75, 3.05) is 44.8 Å². The molecule has 1 aliphatic heterocycles. The highest BCUT2D eigenvalue weighted by molar-refractivity contribution is 7.99. The maximum absolute atomic E-state index is 5.44. The maximum Gasteiger partial charge on any atom is 0.128 e. The Kier molecular flexibility index (Phi) is 6.13. The van der Waals surface area contributed by atoms with E-state index in [1.54, 1.807) is 7.11 Å². The minimum Gasteiger partial charge on any atom is -0.496 e. The second kappa shape index (κ2) is 7.86. The molecular formula is C15H25N3OS. The molecule has 0 atom stereocenters. The summed E-state index contributed by atoms with van der Waals surface area (Å²) in [5.74, 6) is 3.51. The summed E-state index contributed by atoms with van der Waals surface area (Å²) in [5, 5.41) is 3.49. The van der Waals surface area contributed by atoms with Crippen molar-refractivity contribution >= 4 is 11.8 Å². The molecule has 1 aromatic heterocycles. The SMILES string of the molecule is COc1c(C)cnc(CNCCN2CCSCC2)c1C. The lowest BCUT2D eigenvalue weighted by Gasteiger charge is -2.26. The first-order valence-electron chi connectivity index (χ1n) is 7.22. The Balaban J connectivity index is 1.79. The van der Waals surface area contributed by atoms with E-state index in [1.165, 1.54) is 24.6 Å². The summed E-state index contributed by atoms with van der Waals surface area (Å²) in [5.41, 5.74) is 3.33. The zero-order valence-corrected chi connectivity index (χ0v) is 13.6. The van der Waals surface area contributed by atoms with E-state index in [1.807, 2.05) is 13.1 Å². The Hall–Kier alpha value is -0.780. The summed E-state index contributed by atoms with van der Waals surface area (Å²) >= 11 is 2.06. The first kappa shape index (κ1) is 15.6. The van der Waals surface area contributed by atoms with Gasteiger partial charge in [0.05, 0.1) is 12.8 Å². The number of hydrogen-bond acceptors (Lipinski definition) is 5. The number of nitrogens with zero attached hydrogens (tertiary/aromatic N) is 2. The molecule has 1 fully saturated rings. The van der Waals surface area contributed by atoms with E-state index in [-0.39, 0.29) is 0 Å². The van der Waals surface area contributed by atoms with E-state index in [4.69, 9.17) is 4.74 Å². The van der Waals surface area contributed by atoms with Gasteiger partial charge in [0.25, 0.3) is 0 Å². The summed E-state index contributed by atoms with van der Waals surface area (Å²) in [6.07, 6.45) is 1.89. The largest absolute Gasteiger partial charge is 0.496 e. The van der Waals surface area contributed by atoms with Crippen molar-refractivity contribution < 1.29 is 4.74 Å². The molecule has 0 saturated carbocycles. The van der Waals surface area contributed by atoms with E-state index in [9.17, 15) is 0 Å². The average Bonchev–Trinajstić information content (AvgIpc) is 2.47. The summed E-state index contributed by atoms with van der Waals surface area (Å²) in [7, 11) is 1.72. The Morgan fingerprint density at radius 2 is 2.10 bits per heavy atom. The van der Waals surface area contributed by atoms with Gasteiger partial charge in [-0.2, -0.15) is 11.8 Å². The fourth-order valence-corrected chi connectivity index (χ4v) is 3.50. The van der Waals surface area contributed by atoms with Gasteiger partial charge in [0.2, 0.25) is 0 Å². The fraction of sp³-hybridized carbons (Fsp3) is 0.667. The van der Waals surface area contributed by atoms with Crippen molar-refractivity contribution in [3.63, 3.8) is 0 Å². The normalized spacial score (nSPS) is 16.4. The lowest BCUT2D eigenvalue weighted by atomic mass is 10.1. The topological polar surface area (TPSA) is 37.4 Å². The van der Waals surface area contributed by atoms with Crippen LogP contribution in [0, 0.1) is 13.8 Å². The molecule has 2 rings (SSSR count). The van der Waals surface area contributed by atoms with E-state index < -0.39 is 0 Å². The molecular weight excluding hydrogens is 270 g/mol. The zero-order valence-electron chi connectivity index (χ0n) is 12.7. The van der Waals surface area contributed by atoms with Gasteiger partial charge in [-0.3, -0.25) is 4.98 Å². The summed E-state index contributed by atoms with van der Waals surface area (Å²) in [6, 6.07) is 0. The van der Waals surface area contributed by atoms with Crippen LogP contribution in [0.4, 0.5) is 0 Å². The van der Waals surface area contributed by atoms with E-state index in [0.29, 0.717) is 0 Å². The third-order valence-electron chi connectivity index (χ3n) is 3.75. The standard InChI is InChI=1S/C15H25N3OS/c1-12-10-17-14(13(2)15(12)19-3)11-16-4-5-18-6-8-20-9-7-18/h10,16H,4-9,11H2,1-3H3. The van der Waals surface area contributed by atoms with Crippen LogP contribution in [0.1, 0.15) is 16.8 Å². The quantitative estimate of drug-likeness (QED) is 0.811. The minimum absolute atomic E-state index is 0.811. The minimum atomic E-state index is 0.811. The number of ether oxygens (including phenoxy) is 1. The van der Waals surface area contributed by atoms with Gasteiger partial charge in [0.15, 0.2) is 0 Å². The second-order valence-corrected chi connectivity index (χ2v) is 6.40. The lowest BCUT2D eigenvalue weighted by molar-refractivity contribution is 0.300. The third kappa shape index (κ3) is 4.11. The fourth-order valence-electron chi connectivity index (χ4n) is 2.52. The first-order valence-corrected chi connectivity index (χ1v) is 8.37. The molecule has 1 aromatic rings. The molecule has 0 radical (unpaired) electrons. The summed E-state index contributed by atoms with van der Waals surface area (Å²) in [4.78, 5) is 7.04. The van der Waals surface area contributed by atoms with E-state index in [2.05, 4.69) is 33.9 Å². The molecule has 0 amide bonds. The summed E-state index contributed by atoms with van der Waals surface area (Å²) in [6.45, 7) is 9.52. The number of aryl methyl sites for hydroxylation is 1. The number of hydrogen-bond donors (Lipinski definition) is 1. The van der Waals surface area contributed by atoms with Crippen LogP contribution in [-0.2, 0) is 6.54 Å². The lowest BCUT2D eigenvalue weighted by Crippen LogP contribution is -2.37. The van der Waals surface area contributed by atoms with Gasteiger partial charge in [0, 0.05) is 61.6 Å². The van der Waals surface area contributed by atoms with Crippen LogP contribution in [0.15, 0.2) is 6.20 Å². The Morgan fingerprint density at radius 3 is 2.80 bits per heavy atom. The van der Waals surface area contributed by atoms with Crippen LogP contribution >= 0.6 is 11.8 Å². The summed E-state index contributed by atoms with van der Waals surface area (Å²) < 4.78 is 5.44. The number of thioether (sulfide) groups is 1. The highest BCUT2D eigenvalue weighted by Gasteiger charge is 2.11. The van der Waals surface area contributed by atoms with Crippen LogP contribution in [-0.4, -0.2) is 54.7 Å². The smallest absolute Gasteiger partial charge is 0.128 e. The Morgan fingerprint density at radius 1 is 1.35 bits per heavy atom. The molecule has 4 nitrogen and oxygen atoms in total. The van der Waals surface area contributed by atoms with E-state index >= 15 is 0 Å². The molecule has 0 unspecified atom stereocenters. The zero-order chi connectivity index (χ0) is 14.4. The average molecular weight is 295 g/mol. The highest BCUT2D eigenvalue weighted by Crippen LogP contribution is 2.23. The van der Waals surface area contributed by atoms with Crippen LogP contribution in [0.2, 0.25) is 0 Å². The van der Waals surface area contributed by atoms with Gasteiger partial charge in [0.1, 0.15) is 5.75 Å². The number of methoxy groups -OCH3 is 1. The molecule has 0 spiro atoms. The first-order chi connectivity index (χ1) is 9.72. The van der Waals surface area contributed by atoms with Crippen LogP contribution in [0.5, 0.6) is 5.75 Å². The van der Waals surface area contributed by atoms with Crippen molar-refractivity contribution in [2.24, 2.45) is 0 Å². The molecule has 0 aromatic carbocycles. The molecule has 0 bridgehead atoms. The number of aromatic nitrogens is 1. The van der Waals surface area contributed by atoms with Gasteiger partial charge in [-0.05, 0) is 13.8 Å². The maximum atomic E-state index is 5.44. The molecule has 1 saturated heterocycles. The van der Waals surface area contributed by atoms with Gasteiger partial charge in [-0.15, -0.1) is 0 Å². The van der Waals surface area contributed by atoms with Gasteiger partial charge in [-0.25, -0.2) is 0 Å². The molecule has 5 heteroatoms. The van der Waals surface area contributed by atoms with Crippen molar-refractivity contribution in [1.82, 2.24) is 15.2 Å². The number of rotatable bonds is 6. The Labute approximate surface area is 126 Å². The highest BCUT2D eigenvalue weighted by atomic mass is 32.2. The Bertz CT molecular complexity index is 433. The van der Waals surface area contributed by atoms with Crippen molar-refractivity contribution in [3.8, 4) is 5.75 Å². The molecule has 20 heavy (non-hydrogen) atoms. The van der Waals surface area contributed by atoms with Gasteiger partial charge >= 0.3 is 0 Å². The molecule has 0 aliphatic carbocycles. The predicted octanol–water partition coefficient (Wildman–Crippen LogP) is 1.85. The molecule has 1 aliphatic rings. The van der Waals surface area contributed by atoms with Crippen LogP contribution < -0.4 is 10.1 Å². The van der Waals surface area contributed by atoms with Crippen molar-refractivity contribution in [3.05, 3.63) is 23.0 Å². The monoisotopic (exact) mass is 295 g/mol. The van der Waals surface area contributed by atoms with Crippen molar-refractivity contribution in [1.29, 1.82) is 0 Å². The molecule has 112 valence electrons. The molecule has 1 N–H and O–H groups in total. The third-order valence-corrected chi connectivity index (χ3v) is 4.69. The van der Waals surface area contributed by atoms with Gasteiger partial charge < -0.3 is 15.0 Å². The number of pyridine rings is 1. The van der Waals surface area contributed by atoms with Gasteiger partial charge in [-0.1, -0.05) is 0 Å². The number of nitrogens with one attached hydrogen (secondary N) is 1. The van der Waals surface area contributed by atoms with Crippen LogP contribution in [0.25, 0.3) is 0 Å². The van der Waals surface area contributed by atoms with E-state index in [0.717, 1.165) is 42.2 Å². The predicted molar refractivity (Wildman–Crippen MR) is 85.7 cm³/mol. The molecule has 2 heterocycles. The van der Waals surface area contributed by atoms with Crippen LogP contribution in [0.3, 0.4) is 0 Å². The second-order valence-electron chi connectivity index (χ2n) is 5.18. The van der Waals surface area contributed by atoms with Crippen molar-refractivity contribution in [2.45, 2.75) is 20.4 Å².